The van der Waals surface area contributed by atoms with E-state index in [2.05, 4.69) is 4.90 Å². The molecule has 0 radical (unpaired) electrons. The van der Waals surface area contributed by atoms with Gasteiger partial charge in [0, 0.05) is 49.4 Å². The minimum Gasteiger partial charge on any atom is -0.363 e. The van der Waals surface area contributed by atoms with Crippen LogP contribution in [0.15, 0.2) is 42.5 Å². The second-order valence-electron chi connectivity index (χ2n) is 6.41. The molecule has 2 aromatic rings. The molecular formula is C19H20ClN3O3. The fourth-order valence-electron chi connectivity index (χ4n) is 3.15. The van der Waals surface area contributed by atoms with E-state index in [1.165, 1.54) is 18.6 Å². The lowest BCUT2D eigenvalue weighted by atomic mass is 10.1. The van der Waals surface area contributed by atoms with Crippen molar-refractivity contribution in [2.24, 2.45) is 0 Å². The highest BCUT2D eigenvalue weighted by Crippen LogP contribution is 2.30. The Morgan fingerprint density at radius 3 is 2.35 bits per heavy atom. The number of halogens is 1. The highest BCUT2D eigenvalue weighted by molar-refractivity contribution is 6.30. The van der Waals surface area contributed by atoms with Gasteiger partial charge in [0.05, 0.1) is 4.92 Å². The Bertz CT molecular complexity index is 815. The van der Waals surface area contributed by atoms with Gasteiger partial charge in [0.1, 0.15) is 5.69 Å². The number of nitro benzene ring substituents is 1. The predicted octanol–water partition coefficient (Wildman–Crippen LogP) is 3.77. The van der Waals surface area contributed by atoms with Crippen molar-refractivity contribution in [2.75, 3.05) is 31.1 Å². The molecule has 0 saturated carbocycles. The molecular weight excluding hydrogens is 354 g/mol. The molecule has 6 nitrogen and oxygen atoms in total. The van der Waals surface area contributed by atoms with Crippen molar-refractivity contribution in [1.82, 2.24) is 4.90 Å². The van der Waals surface area contributed by atoms with Crippen molar-refractivity contribution in [3.05, 3.63) is 68.7 Å². The number of carbonyl (C=O) groups excluding carboxylic acids is 1. The second-order valence-corrected chi connectivity index (χ2v) is 6.84. The van der Waals surface area contributed by atoms with Crippen LogP contribution in [0.3, 0.4) is 0 Å². The maximum atomic E-state index is 11.5. The Kier molecular flexibility index (Phi) is 5.54. The van der Waals surface area contributed by atoms with Crippen LogP contribution in [0.5, 0.6) is 0 Å². The molecule has 136 valence electrons. The lowest BCUT2D eigenvalue weighted by Crippen LogP contribution is -2.46. The third-order valence-corrected chi connectivity index (χ3v) is 4.86. The molecule has 1 fully saturated rings. The molecule has 3 rings (SSSR count). The van der Waals surface area contributed by atoms with E-state index in [0.29, 0.717) is 24.3 Å². The SMILES string of the molecule is CC(=O)c1ccc(N2CCN(Cc3ccc(Cl)cc3)CC2)c([N+](=O)[O-])c1. The topological polar surface area (TPSA) is 66.7 Å². The summed E-state index contributed by atoms with van der Waals surface area (Å²) in [5.74, 6) is -0.174. The normalized spacial score (nSPS) is 15.1. The summed E-state index contributed by atoms with van der Waals surface area (Å²) >= 11 is 5.92. The largest absolute Gasteiger partial charge is 0.363 e. The third kappa shape index (κ3) is 4.20. The first kappa shape index (κ1) is 18.4. The molecule has 26 heavy (non-hydrogen) atoms. The summed E-state index contributed by atoms with van der Waals surface area (Å²) in [5.41, 5.74) is 2.12. The van der Waals surface area contributed by atoms with Crippen molar-refractivity contribution in [3.8, 4) is 0 Å². The number of nitro groups is 1. The van der Waals surface area contributed by atoms with Gasteiger partial charge in [0.25, 0.3) is 5.69 Å². The summed E-state index contributed by atoms with van der Waals surface area (Å²) in [6.07, 6.45) is 0. The average Bonchev–Trinajstić information content (AvgIpc) is 2.63. The highest BCUT2D eigenvalue weighted by atomic mass is 35.5. The lowest BCUT2D eigenvalue weighted by Gasteiger charge is -2.35. The van der Waals surface area contributed by atoms with Crippen molar-refractivity contribution in [1.29, 1.82) is 0 Å². The maximum absolute atomic E-state index is 11.5. The van der Waals surface area contributed by atoms with Gasteiger partial charge in [-0.25, -0.2) is 0 Å². The van der Waals surface area contributed by atoms with E-state index in [9.17, 15) is 14.9 Å². The quantitative estimate of drug-likeness (QED) is 0.453. The van der Waals surface area contributed by atoms with Gasteiger partial charge < -0.3 is 4.90 Å². The molecule has 0 aliphatic carbocycles. The molecule has 1 aliphatic rings. The van der Waals surface area contributed by atoms with E-state index >= 15 is 0 Å². The van der Waals surface area contributed by atoms with E-state index < -0.39 is 4.92 Å². The van der Waals surface area contributed by atoms with Crippen molar-refractivity contribution in [3.63, 3.8) is 0 Å². The van der Waals surface area contributed by atoms with Crippen LogP contribution in [0.4, 0.5) is 11.4 Å². The number of nitrogens with zero attached hydrogens (tertiary/aromatic N) is 3. The molecule has 0 bridgehead atoms. The molecule has 1 heterocycles. The van der Waals surface area contributed by atoms with Crippen LogP contribution in [0.25, 0.3) is 0 Å². The smallest absolute Gasteiger partial charge is 0.293 e. The number of hydrogen-bond acceptors (Lipinski definition) is 5. The Hall–Kier alpha value is -2.44. The van der Waals surface area contributed by atoms with E-state index in [1.807, 2.05) is 29.2 Å². The average molecular weight is 374 g/mol. The molecule has 1 aliphatic heterocycles. The number of hydrogen-bond donors (Lipinski definition) is 0. The van der Waals surface area contributed by atoms with Gasteiger partial charge in [-0.1, -0.05) is 23.7 Å². The van der Waals surface area contributed by atoms with Gasteiger partial charge in [0.2, 0.25) is 0 Å². The van der Waals surface area contributed by atoms with Crippen LogP contribution < -0.4 is 4.90 Å². The van der Waals surface area contributed by atoms with Crippen molar-refractivity contribution < 1.29 is 9.72 Å². The molecule has 2 aromatic carbocycles. The van der Waals surface area contributed by atoms with Gasteiger partial charge in [0.15, 0.2) is 5.78 Å². The zero-order valence-electron chi connectivity index (χ0n) is 14.5. The van der Waals surface area contributed by atoms with E-state index in [-0.39, 0.29) is 11.5 Å². The van der Waals surface area contributed by atoms with Crippen molar-refractivity contribution in [2.45, 2.75) is 13.5 Å². The number of piperazine rings is 1. The number of Topliss-reactive ketones (excluding diaryl/α,β-unsaturated/α-hetero) is 1. The number of ketones is 1. The van der Waals surface area contributed by atoms with Crippen LogP contribution >= 0.6 is 11.6 Å². The molecule has 0 aromatic heterocycles. The number of anilines is 1. The molecule has 1 saturated heterocycles. The van der Waals surface area contributed by atoms with Crippen molar-refractivity contribution >= 4 is 28.8 Å². The summed E-state index contributed by atoms with van der Waals surface area (Å²) in [7, 11) is 0. The van der Waals surface area contributed by atoms with E-state index in [1.54, 1.807) is 12.1 Å². The van der Waals surface area contributed by atoms with Gasteiger partial charge in [-0.2, -0.15) is 0 Å². The minimum atomic E-state index is -0.415. The van der Waals surface area contributed by atoms with Gasteiger partial charge in [-0.3, -0.25) is 19.8 Å². The molecule has 0 spiro atoms. The zero-order valence-corrected chi connectivity index (χ0v) is 15.3. The zero-order chi connectivity index (χ0) is 18.7. The summed E-state index contributed by atoms with van der Waals surface area (Å²) in [5, 5.41) is 12.1. The first-order chi connectivity index (χ1) is 12.4. The Morgan fingerprint density at radius 1 is 1.12 bits per heavy atom. The number of benzene rings is 2. The maximum Gasteiger partial charge on any atom is 0.293 e. The van der Waals surface area contributed by atoms with Crippen LogP contribution in [0, 0.1) is 10.1 Å². The Balaban J connectivity index is 1.68. The standard InChI is InChI=1S/C19H20ClN3O3/c1-14(24)16-4-7-18(19(12-16)23(25)26)22-10-8-21(9-11-22)13-15-2-5-17(20)6-3-15/h2-7,12H,8-11,13H2,1H3. The first-order valence-corrected chi connectivity index (χ1v) is 8.83. The summed E-state index contributed by atoms with van der Waals surface area (Å²) in [6.45, 7) is 5.27. The van der Waals surface area contributed by atoms with E-state index in [0.717, 1.165) is 24.7 Å². The Morgan fingerprint density at radius 2 is 1.77 bits per heavy atom. The van der Waals surface area contributed by atoms with Crippen LogP contribution in [0.1, 0.15) is 22.8 Å². The summed E-state index contributed by atoms with van der Waals surface area (Å²) in [4.78, 5) is 26.8. The number of carbonyl (C=O) groups is 1. The fraction of sp³-hybridized carbons (Fsp3) is 0.316. The molecule has 0 amide bonds. The monoisotopic (exact) mass is 373 g/mol. The second kappa shape index (κ2) is 7.85. The summed E-state index contributed by atoms with van der Waals surface area (Å²) < 4.78 is 0. The van der Waals surface area contributed by atoms with Crippen LogP contribution in [-0.4, -0.2) is 41.8 Å². The summed E-state index contributed by atoms with van der Waals surface area (Å²) in [6, 6.07) is 12.5. The van der Waals surface area contributed by atoms with Gasteiger partial charge >= 0.3 is 0 Å². The lowest BCUT2D eigenvalue weighted by molar-refractivity contribution is -0.384. The Labute approximate surface area is 157 Å². The minimum absolute atomic E-state index is 0.0103. The predicted molar refractivity (Wildman–Crippen MR) is 102 cm³/mol. The van der Waals surface area contributed by atoms with Crippen LogP contribution in [-0.2, 0) is 6.54 Å². The van der Waals surface area contributed by atoms with E-state index in [4.69, 9.17) is 11.6 Å². The van der Waals surface area contributed by atoms with Gasteiger partial charge in [-0.05, 0) is 36.8 Å². The molecule has 0 unspecified atom stereocenters. The third-order valence-electron chi connectivity index (χ3n) is 4.61. The fourth-order valence-corrected chi connectivity index (χ4v) is 3.28. The van der Waals surface area contributed by atoms with Crippen LogP contribution in [0.2, 0.25) is 5.02 Å². The molecule has 7 heteroatoms. The highest BCUT2D eigenvalue weighted by Gasteiger charge is 2.24. The molecule has 0 N–H and O–H groups in total. The molecule has 0 atom stereocenters. The first-order valence-electron chi connectivity index (χ1n) is 8.45. The van der Waals surface area contributed by atoms with Gasteiger partial charge in [-0.15, -0.1) is 0 Å². The number of rotatable bonds is 5.